The zero-order valence-corrected chi connectivity index (χ0v) is 10.4. The Morgan fingerprint density at radius 1 is 1.47 bits per heavy atom. The Balaban J connectivity index is 2.03. The summed E-state index contributed by atoms with van der Waals surface area (Å²) < 4.78 is 11.2. The lowest BCUT2D eigenvalue weighted by Crippen LogP contribution is -2.02. The molecule has 5 heteroatoms. The normalized spacial score (nSPS) is 14.4. The Morgan fingerprint density at radius 3 is 2.84 bits per heavy atom. The monoisotopic (exact) mass is 259 g/mol. The minimum Gasteiger partial charge on any atom is -0.490 e. The summed E-state index contributed by atoms with van der Waals surface area (Å²) in [6.07, 6.45) is 3.81. The van der Waals surface area contributed by atoms with Crippen molar-refractivity contribution in [2.45, 2.75) is 25.9 Å². The number of oxazole rings is 1. The number of carbonyl (C=O) groups is 1. The van der Waals surface area contributed by atoms with Gasteiger partial charge in [0.2, 0.25) is 5.89 Å². The summed E-state index contributed by atoms with van der Waals surface area (Å²) in [6.45, 7) is 1.81. The van der Waals surface area contributed by atoms with Gasteiger partial charge in [0, 0.05) is 0 Å². The second-order valence-electron chi connectivity index (χ2n) is 4.61. The van der Waals surface area contributed by atoms with Crippen LogP contribution in [0.1, 0.15) is 29.0 Å². The SMILES string of the molecule is Cc1cnc(-c2ccc(C(=O)O)cc2OC2CC2)o1. The first kappa shape index (κ1) is 11.8. The largest absolute Gasteiger partial charge is 0.490 e. The molecule has 1 saturated carbocycles. The molecule has 0 spiro atoms. The van der Waals surface area contributed by atoms with Crippen molar-refractivity contribution in [3.8, 4) is 17.2 Å². The van der Waals surface area contributed by atoms with Gasteiger partial charge in [0.05, 0.1) is 23.4 Å². The number of ether oxygens (including phenoxy) is 1. The molecule has 0 aliphatic heterocycles. The van der Waals surface area contributed by atoms with Gasteiger partial charge in [0.25, 0.3) is 0 Å². The molecular weight excluding hydrogens is 246 g/mol. The van der Waals surface area contributed by atoms with Crippen LogP contribution in [0, 0.1) is 6.92 Å². The number of rotatable bonds is 4. The van der Waals surface area contributed by atoms with Crippen molar-refractivity contribution in [3.63, 3.8) is 0 Å². The van der Waals surface area contributed by atoms with Gasteiger partial charge in [-0.2, -0.15) is 0 Å². The smallest absolute Gasteiger partial charge is 0.335 e. The molecule has 0 radical (unpaired) electrons. The van der Waals surface area contributed by atoms with E-state index in [9.17, 15) is 4.79 Å². The van der Waals surface area contributed by atoms with Crippen molar-refractivity contribution in [3.05, 3.63) is 35.7 Å². The molecule has 0 amide bonds. The molecule has 0 atom stereocenters. The van der Waals surface area contributed by atoms with E-state index in [4.69, 9.17) is 14.3 Å². The fraction of sp³-hybridized carbons (Fsp3) is 0.286. The molecule has 5 nitrogen and oxygen atoms in total. The van der Waals surface area contributed by atoms with Gasteiger partial charge in [0.15, 0.2) is 0 Å². The molecule has 2 aromatic rings. The first-order valence-electron chi connectivity index (χ1n) is 6.10. The summed E-state index contributed by atoms with van der Waals surface area (Å²) in [6, 6.07) is 4.72. The zero-order valence-electron chi connectivity index (χ0n) is 10.4. The third-order valence-electron chi connectivity index (χ3n) is 2.90. The van der Waals surface area contributed by atoms with Gasteiger partial charge in [-0.25, -0.2) is 9.78 Å². The maximum atomic E-state index is 11.0. The number of aromatic nitrogens is 1. The van der Waals surface area contributed by atoms with E-state index in [1.54, 1.807) is 12.3 Å². The number of aromatic carboxylic acids is 1. The van der Waals surface area contributed by atoms with Gasteiger partial charge in [0.1, 0.15) is 11.5 Å². The van der Waals surface area contributed by atoms with Crippen molar-refractivity contribution >= 4 is 5.97 Å². The number of aryl methyl sites for hydroxylation is 1. The Morgan fingerprint density at radius 2 is 2.26 bits per heavy atom. The number of hydrogen-bond acceptors (Lipinski definition) is 4. The van der Waals surface area contributed by atoms with Gasteiger partial charge in [-0.3, -0.25) is 0 Å². The van der Waals surface area contributed by atoms with Crippen LogP contribution < -0.4 is 4.74 Å². The van der Waals surface area contributed by atoms with Gasteiger partial charge in [-0.15, -0.1) is 0 Å². The summed E-state index contributed by atoms with van der Waals surface area (Å²) >= 11 is 0. The predicted octanol–water partition coefficient (Wildman–Crippen LogP) is 2.89. The fourth-order valence-electron chi connectivity index (χ4n) is 1.77. The van der Waals surface area contributed by atoms with Crippen LogP contribution in [-0.4, -0.2) is 22.2 Å². The van der Waals surface area contributed by atoms with Crippen LogP contribution in [0.4, 0.5) is 0 Å². The van der Waals surface area contributed by atoms with Crippen molar-refractivity contribution in [2.24, 2.45) is 0 Å². The van der Waals surface area contributed by atoms with Gasteiger partial charge >= 0.3 is 5.97 Å². The molecule has 1 aromatic heterocycles. The Bertz CT molecular complexity index is 628. The zero-order chi connectivity index (χ0) is 13.4. The van der Waals surface area contributed by atoms with Crippen LogP contribution in [0.15, 0.2) is 28.8 Å². The fourth-order valence-corrected chi connectivity index (χ4v) is 1.77. The van der Waals surface area contributed by atoms with Crippen LogP contribution in [0.2, 0.25) is 0 Å². The highest BCUT2D eigenvalue weighted by Gasteiger charge is 2.26. The maximum Gasteiger partial charge on any atom is 0.335 e. The molecule has 1 fully saturated rings. The molecule has 1 heterocycles. The Labute approximate surface area is 109 Å². The molecular formula is C14H13NO4. The summed E-state index contributed by atoms with van der Waals surface area (Å²) in [5.41, 5.74) is 0.882. The van der Waals surface area contributed by atoms with Crippen molar-refractivity contribution in [1.82, 2.24) is 4.98 Å². The third kappa shape index (κ3) is 2.45. The Hall–Kier alpha value is -2.30. The highest BCUT2D eigenvalue weighted by Crippen LogP contribution is 2.35. The van der Waals surface area contributed by atoms with Crippen LogP contribution in [0.3, 0.4) is 0 Å². The molecule has 19 heavy (non-hydrogen) atoms. The van der Waals surface area contributed by atoms with E-state index in [1.807, 2.05) is 6.92 Å². The third-order valence-corrected chi connectivity index (χ3v) is 2.90. The molecule has 1 aromatic carbocycles. The lowest BCUT2D eigenvalue weighted by Gasteiger charge is -2.09. The highest BCUT2D eigenvalue weighted by molar-refractivity contribution is 5.89. The molecule has 1 aliphatic rings. The van der Waals surface area contributed by atoms with E-state index in [0.29, 0.717) is 23.0 Å². The minimum absolute atomic E-state index is 0.179. The topological polar surface area (TPSA) is 72.6 Å². The quantitative estimate of drug-likeness (QED) is 0.913. The number of carboxylic acids is 1. The maximum absolute atomic E-state index is 11.0. The molecule has 1 aliphatic carbocycles. The van der Waals surface area contributed by atoms with E-state index in [0.717, 1.165) is 12.8 Å². The van der Waals surface area contributed by atoms with Gasteiger partial charge in [-0.1, -0.05) is 0 Å². The van der Waals surface area contributed by atoms with E-state index in [2.05, 4.69) is 4.98 Å². The van der Waals surface area contributed by atoms with E-state index in [1.165, 1.54) is 12.1 Å². The second kappa shape index (κ2) is 4.42. The molecule has 0 bridgehead atoms. The van der Waals surface area contributed by atoms with Crippen molar-refractivity contribution in [1.29, 1.82) is 0 Å². The molecule has 98 valence electrons. The van der Waals surface area contributed by atoms with Gasteiger partial charge < -0.3 is 14.3 Å². The van der Waals surface area contributed by atoms with Crippen LogP contribution in [0.25, 0.3) is 11.5 Å². The van der Waals surface area contributed by atoms with E-state index < -0.39 is 5.97 Å². The molecule has 3 rings (SSSR count). The number of hydrogen-bond donors (Lipinski definition) is 1. The average Bonchev–Trinajstić information content (AvgIpc) is 3.09. The first-order valence-corrected chi connectivity index (χ1v) is 6.10. The van der Waals surface area contributed by atoms with E-state index in [-0.39, 0.29) is 11.7 Å². The second-order valence-corrected chi connectivity index (χ2v) is 4.61. The van der Waals surface area contributed by atoms with Crippen molar-refractivity contribution < 1.29 is 19.1 Å². The number of nitrogens with zero attached hydrogens (tertiary/aromatic N) is 1. The summed E-state index contributed by atoms with van der Waals surface area (Å²) in [7, 11) is 0. The average molecular weight is 259 g/mol. The van der Waals surface area contributed by atoms with Gasteiger partial charge in [-0.05, 0) is 38.0 Å². The molecule has 1 N–H and O–H groups in total. The molecule has 0 saturated heterocycles. The predicted molar refractivity (Wildman–Crippen MR) is 67.3 cm³/mol. The lowest BCUT2D eigenvalue weighted by molar-refractivity contribution is 0.0696. The van der Waals surface area contributed by atoms with E-state index >= 15 is 0 Å². The van der Waals surface area contributed by atoms with Crippen LogP contribution in [0.5, 0.6) is 5.75 Å². The first-order chi connectivity index (χ1) is 9.13. The highest BCUT2D eigenvalue weighted by atomic mass is 16.5. The summed E-state index contributed by atoms with van der Waals surface area (Å²) in [4.78, 5) is 15.2. The number of carboxylic acid groups (broad SMARTS) is 1. The van der Waals surface area contributed by atoms with Crippen LogP contribution >= 0.6 is 0 Å². The minimum atomic E-state index is -0.976. The summed E-state index contributed by atoms with van der Waals surface area (Å²) in [5.74, 6) is 0.694. The lowest BCUT2D eigenvalue weighted by atomic mass is 10.1. The summed E-state index contributed by atoms with van der Waals surface area (Å²) in [5, 5.41) is 9.03. The van der Waals surface area contributed by atoms with Crippen LogP contribution in [-0.2, 0) is 0 Å². The standard InChI is InChI=1S/C14H13NO4/c1-8-7-15-13(18-8)11-5-2-9(14(16)17)6-12(11)19-10-3-4-10/h2,5-7,10H,3-4H2,1H3,(H,16,17). The number of benzene rings is 1. The molecule has 0 unspecified atom stereocenters. The Kier molecular flexibility index (Phi) is 2.74. The van der Waals surface area contributed by atoms with Crippen molar-refractivity contribution in [2.75, 3.05) is 0 Å².